The molecule has 3 rings (SSSR count). The van der Waals surface area contributed by atoms with Crippen LogP contribution in [0.25, 0.3) is 0 Å². The summed E-state index contributed by atoms with van der Waals surface area (Å²) < 4.78 is 11.2. The number of nitrogens with one attached hydrogen (secondary N) is 2. The lowest BCUT2D eigenvalue weighted by Crippen LogP contribution is -2.46. The molecule has 1 saturated heterocycles. The average molecular weight is 318 g/mol. The van der Waals surface area contributed by atoms with Crippen LogP contribution in [0.3, 0.4) is 0 Å². The van der Waals surface area contributed by atoms with Gasteiger partial charge in [-0.05, 0) is 18.2 Å². The molecule has 124 valence electrons. The molecule has 1 amide bonds. The number of benzene rings is 1. The zero-order chi connectivity index (χ0) is 15.9. The molecule has 2 aliphatic rings. The van der Waals surface area contributed by atoms with Crippen LogP contribution in [0.1, 0.15) is 10.4 Å². The molecule has 2 heterocycles. The Bertz CT molecular complexity index is 570. The van der Waals surface area contributed by atoms with Crippen LogP contribution in [-0.2, 0) is 4.74 Å². The molecule has 2 N–H and O–H groups in total. The molecule has 0 aliphatic carbocycles. The molecule has 0 unspecified atom stereocenters. The van der Waals surface area contributed by atoms with E-state index in [0.29, 0.717) is 37.7 Å². The molecule has 0 radical (unpaired) electrons. The van der Waals surface area contributed by atoms with E-state index in [-0.39, 0.29) is 5.91 Å². The predicted octanol–water partition coefficient (Wildman–Crippen LogP) is 0.581. The van der Waals surface area contributed by atoms with Gasteiger partial charge in [-0.2, -0.15) is 0 Å². The van der Waals surface area contributed by atoms with Gasteiger partial charge in [-0.25, -0.2) is 0 Å². The van der Waals surface area contributed by atoms with Gasteiger partial charge in [-0.15, -0.1) is 0 Å². The van der Waals surface area contributed by atoms with E-state index in [4.69, 9.17) is 9.47 Å². The maximum Gasteiger partial charge on any atom is 0.254 e. The number of amides is 1. The fourth-order valence-corrected chi connectivity index (χ4v) is 2.55. The summed E-state index contributed by atoms with van der Waals surface area (Å²) in [5.41, 5.74) is 1.44. The normalized spacial score (nSPS) is 19.0. The molecule has 1 aromatic rings. The highest BCUT2D eigenvalue weighted by Gasteiger charge is 2.19. The standard InChI is InChI=1S/C16H22N4O3/c21-16(20-6-3-17-4-7-20)13-1-2-14-15(11-13)23-10-9-22-8-5-18-12-19-14/h1-2,11-12,17H,3-10H2,(H,18,19). The number of rotatable bonds is 1. The van der Waals surface area contributed by atoms with E-state index >= 15 is 0 Å². The minimum Gasteiger partial charge on any atom is -0.489 e. The van der Waals surface area contributed by atoms with Crippen LogP contribution in [0.15, 0.2) is 23.2 Å². The SMILES string of the molecule is O=C(c1ccc2c(c1)OCCOCCN=CN2)N1CCNCC1. The second-order valence-electron chi connectivity index (χ2n) is 5.39. The van der Waals surface area contributed by atoms with Crippen molar-refractivity contribution in [1.29, 1.82) is 0 Å². The first-order chi connectivity index (χ1) is 11.3. The van der Waals surface area contributed by atoms with Crippen molar-refractivity contribution in [3.63, 3.8) is 0 Å². The number of ether oxygens (including phenoxy) is 2. The largest absolute Gasteiger partial charge is 0.489 e. The summed E-state index contributed by atoms with van der Waals surface area (Å²) >= 11 is 0. The number of carbonyl (C=O) groups is 1. The summed E-state index contributed by atoms with van der Waals surface area (Å²) in [7, 11) is 0. The Morgan fingerprint density at radius 3 is 2.91 bits per heavy atom. The third-order valence-corrected chi connectivity index (χ3v) is 3.79. The van der Waals surface area contributed by atoms with E-state index in [0.717, 1.165) is 31.9 Å². The number of piperazine rings is 1. The van der Waals surface area contributed by atoms with Gasteiger partial charge in [0.05, 0.1) is 31.8 Å². The Hall–Kier alpha value is -2.12. The van der Waals surface area contributed by atoms with Gasteiger partial charge in [0.25, 0.3) is 5.91 Å². The minimum atomic E-state index is 0.0390. The molecule has 1 fully saturated rings. The first-order valence-electron chi connectivity index (χ1n) is 7.94. The quantitative estimate of drug-likeness (QED) is 0.792. The Morgan fingerprint density at radius 2 is 2.04 bits per heavy atom. The van der Waals surface area contributed by atoms with E-state index in [1.807, 2.05) is 17.0 Å². The van der Waals surface area contributed by atoms with Gasteiger partial charge < -0.3 is 25.0 Å². The summed E-state index contributed by atoms with van der Waals surface area (Å²) in [5.74, 6) is 0.681. The van der Waals surface area contributed by atoms with Crippen molar-refractivity contribution < 1.29 is 14.3 Å². The van der Waals surface area contributed by atoms with Crippen LogP contribution in [0.5, 0.6) is 5.75 Å². The smallest absolute Gasteiger partial charge is 0.254 e. The maximum absolute atomic E-state index is 12.6. The van der Waals surface area contributed by atoms with Gasteiger partial charge in [-0.3, -0.25) is 9.79 Å². The first kappa shape index (κ1) is 15.8. The Labute approximate surface area is 135 Å². The second kappa shape index (κ2) is 7.94. The van der Waals surface area contributed by atoms with Crippen LogP contribution in [0, 0.1) is 0 Å². The third kappa shape index (κ3) is 4.20. The summed E-state index contributed by atoms with van der Waals surface area (Å²) in [6.45, 7) is 5.27. The molecule has 7 nitrogen and oxygen atoms in total. The Balaban J connectivity index is 1.78. The maximum atomic E-state index is 12.6. The average Bonchev–Trinajstić information content (AvgIpc) is 2.66. The van der Waals surface area contributed by atoms with Crippen molar-refractivity contribution in [3.05, 3.63) is 23.8 Å². The van der Waals surface area contributed by atoms with Crippen molar-refractivity contribution >= 4 is 17.9 Å². The van der Waals surface area contributed by atoms with Crippen LogP contribution in [-0.4, -0.2) is 69.7 Å². The number of hydrogen-bond acceptors (Lipinski definition) is 6. The fraction of sp³-hybridized carbons (Fsp3) is 0.500. The van der Waals surface area contributed by atoms with Crippen LogP contribution >= 0.6 is 0 Å². The van der Waals surface area contributed by atoms with Gasteiger partial charge in [0.2, 0.25) is 0 Å². The Kier molecular flexibility index (Phi) is 5.44. The molecule has 2 aliphatic heterocycles. The summed E-state index contributed by atoms with van der Waals surface area (Å²) in [5, 5.41) is 6.35. The van der Waals surface area contributed by atoms with Gasteiger partial charge in [-0.1, -0.05) is 0 Å². The summed E-state index contributed by atoms with van der Waals surface area (Å²) in [4.78, 5) is 18.7. The predicted molar refractivity (Wildman–Crippen MR) is 88.5 cm³/mol. The lowest BCUT2D eigenvalue weighted by molar-refractivity contribution is 0.0735. The van der Waals surface area contributed by atoms with Gasteiger partial charge in [0, 0.05) is 31.7 Å². The molecule has 0 spiro atoms. The zero-order valence-corrected chi connectivity index (χ0v) is 13.1. The van der Waals surface area contributed by atoms with E-state index in [2.05, 4.69) is 15.6 Å². The van der Waals surface area contributed by atoms with Crippen molar-refractivity contribution in [2.45, 2.75) is 0 Å². The number of aliphatic imine (C=N–C) groups is 1. The molecule has 0 bridgehead atoms. The highest BCUT2D eigenvalue weighted by Crippen LogP contribution is 2.26. The molecule has 0 aromatic heterocycles. The summed E-state index contributed by atoms with van der Waals surface area (Å²) in [6, 6.07) is 5.47. The van der Waals surface area contributed by atoms with Crippen molar-refractivity contribution in [2.24, 2.45) is 4.99 Å². The zero-order valence-electron chi connectivity index (χ0n) is 13.1. The van der Waals surface area contributed by atoms with Crippen LogP contribution in [0.2, 0.25) is 0 Å². The highest BCUT2D eigenvalue weighted by molar-refractivity contribution is 5.96. The molecule has 7 heteroatoms. The second-order valence-corrected chi connectivity index (χ2v) is 5.39. The minimum absolute atomic E-state index is 0.0390. The molecule has 1 aromatic carbocycles. The molecule has 23 heavy (non-hydrogen) atoms. The lowest BCUT2D eigenvalue weighted by Gasteiger charge is -2.27. The number of anilines is 1. The van der Waals surface area contributed by atoms with Crippen molar-refractivity contribution in [2.75, 3.05) is 57.9 Å². The van der Waals surface area contributed by atoms with Crippen molar-refractivity contribution in [1.82, 2.24) is 10.2 Å². The number of nitrogens with zero attached hydrogens (tertiary/aromatic N) is 2. The van der Waals surface area contributed by atoms with E-state index in [1.54, 1.807) is 12.4 Å². The molecular formula is C16H22N4O3. The molecule has 0 saturated carbocycles. The van der Waals surface area contributed by atoms with Gasteiger partial charge >= 0.3 is 0 Å². The third-order valence-electron chi connectivity index (χ3n) is 3.79. The monoisotopic (exact) mass is 318 g/mol. The van der Waals surface area contributed by atoms with E-state index in [9.17, 15) is 4.79 Å². The Morgan fingerprint density at radius 1 is 1.17 bits per heavy atom. The fourth-order valence-electron chi connectivity index (χ4n) is 2.55. The number of carbonyl (C=O) groups excluding carboxylic acids is 1. The number of hydrogen-bond donors (Lipinski definition) is 2. The number of fused-ring (bicyclic) bond motifs is 1. The van der Waals surface area contributed by atoms with Crippen molar-refractivity contribution in [3.8, 4) is 5.75 Å². The van der Waals surface area contributed by atoms with Crippen LogP contribution in [0.4, 0.5) is 5.69 Å². The van der Waals surface area contributed by atoms with Gasteiger partial charge in [0.15, 0.2) is 0 Å². The van der Waals surface area contributed by atoms with Crippen LogP contribution < -0.4 is 15.4 Å². The topological polar surface area (TPSA) is 75.2 Å². The van der Waals surface area contributed by atoms with Gasteiger partial charge in [0.1, 0.15) is 12.4 Å². The summed E-state index contributed by atoms with van der Waals surface area (Å²) in [6.07, 6.45) is 1.63. The lowest BCUT2D eigenvalue weighted by atomic mass is 10.1. The van der Waals surface area contributed by atoms with E-state index < -0.39 is 0 Å². The first-order valence-corrected chi connectivity index (χ1v) is 7.94. The molecule has 0 atom stereocenters. The van der Waals surface area contributed by atoms with E-state index in [1.165, 1.54) is 0 Å². The molecular weight excluding hydrogens is 296 g/mol. The highest BCUT2D eigenvalue weighted by atomic mass is 16.5.